The topological polar surface area (TPSA) is 73.1 Å². The number of benzene rings is 1. The number of hydrogen-bond acceptors (Lipinski definition) is 6. The van der Waals surface area contributed by atoms with Crippen molar-refractivity contribution in [2.45, 2.75) is 13.0 Å². The zero-order valence-electron chi connectivity index (χ0n) is 15.4. The highest BCUT2D eigenvalue weighted by Crippen LogP contribution is 2.27. The van der Waals surface area contributed by atoms with Gasteiger partial charge in [0.1, 0.15) is 12.4 Å². The summed E-state index contributed by atoms with van der Waals surface area (Å²) in [5.74, 6) is 0.623. The summed E-state index contributed by atoms with van der Waals surface area (Å²) in [7, 11) is 1.74. The first kappa shape index (κ1) is 17.4. The maximum atomic E-state index is 12.5. The van der Waals surface area contributed by atoms with Gasteiger partial charge >= 0.3 is 0 Å². The van der Waals surface area contributed by atoms with Crippen LogP contribution in [0.25, 0.3) is 11.4 Å². The fraction of sp³-hybridized carbons (Fsp3) is 0.300. The number of anilines is 1. The fourth-order valence-corrected chi connectivity index (χ4v) is 3.35. The number of ether oxygens (including phenoxy) is 1. The highest BCUT2D eigenvalue weighted by molar-refractivity contribution is 5.55. The number of rotatable bonds is 3. The minimum Gasteiger partial charge on any atom is -0.370 e. The van der Waals surface area contributed by atoms with Gasteiger partial charge in [-0.15, -0.1) is 0 Å². The lowest BCUT2D eigenvalue weighted by atomic mass is 10.0. The highest BCUT2D eigenvalue weighted by atomic mass is 16.5. The first-order valence-electron chi connectivity index (χ1n) is 8.90. The number of morpholine rings is 1. The van der Waals surface area contributed by atoms with Crippen LogP contribution in [0.1, 0.15) is 17.2 Å². The lowest BCUT2D eigenvalue weighted by Gasteiger charge is -2.35. The monoisotopic (exact) mass is 363 g/mol. The Bertz CT molecular complexity index is 1000. The van der Waals surface area contributed by atoms with E-state index in [1.807, 2.05) is 12.1 Å². The second-order valence-electron chi connectivity index (χ2n) is 6.60. The van der Waals surface area contributed by atoms with Gasteiger partial charge in [-0.2, -0.15) is 0 Å². The SMILES string of the molecule is Cc1ccccc1[C@@H]1CN(c2nc(-c3ccncn3)cc(=O)n2C)CCO1. The Kier molecular flexibility index (Phi) is 4.68. The molecule has 1 aromatic carbocycles. The zero-order valence-corrected chi connectivity index (χ0v) is 15.4. The normalized spacial score (nSPS) is 17.1. The molecule has 3 aromatic rings. The van der Waals surface area contributed by atoms with Crippen LogP contribution in [0.5, 0.6) is 0 Å². The summed E-state index contributed by atoms with van der Waals surface area (Å²) in [6.45, 7) is 3.97. The van der Waals surface area contributed by atoms with E-state index in [1.165, 1.54) is 23.5 Å². The van der Waals surface area contributed by atoms with Crippen molar-refractivity contribution in [2.24, 2.45) is 7.05 Å². The van der Waals surface area contributed by atoms with E-state index in [1.54, 1.807) is 23.9 Å². The van der Waals surface area contributed by atoms with Crippen LogP contribution in [0.4, 0.5) is 5.95 Å². The quantitative estimate of drug-likeness (QED) is 0.710. The van der Waals surface area contributed by atoms with Crippen molar-refractivity contribution in [3.05, 3.63) is 70.4 Å². The number of nitrogens with zero attached hydrogens (tertiary/aromatic N) is 5. The zero-order chi connectivity index (χ0) is 18.8. The van der Waals surface area contributed by atoms with Gasteiger partial charge in [-0.05, 0) is 24.1 Å². The summed E-state index contributed by atoms with van der Waals surface area (Å²) in [6, 6.07) is 11.5. The van der Waals surface area contributed by atoms with E-state index < -0.39 is 0 Å². The van der Waals surface area contributed by atoms with Crippen molar-refractivity contribution in [3.8, 4) is 11.4 Å². The second kappa shape index (κ2) is 7.28. The molecule has 0 unspecified atom stereocenters. The second-order valence-corrected chi connectivity index (χ2v) is 6.60. The molecule has 3 heterocycles. The first-order valence-corrected chi connectivity index (χ1v) is 8.90. The number of hydrogen-bond donors (Lipinski definition) is 0. The van der Waals surface area contributed by atoms with Gasteiger partial charge in [0.15, 0.2) is 0 Å². The Hall–Kier alpha value is -3.06. The highest BCUT2D eigenvalue weighted by Gasteiger charge is 2.26. The molecule has 1 aliphatic heterocycles. The molecule has 7 heteroatoms. The lowest BCUT2D eigenvalue weighted by Crippen LogP contribution is -2.42. The van der Waals surface area contributed by atoms with E-state index in [2.05, 4.69) is 33.9 Å². The Morgan fingerprint density at radius 2 is 2.04 bits per heavy atom. The molecule has 0 radical (unpaired) electrons. The molecule has 0 bridgehead atoms. The predicted octanol–water partition coefficient (Wildman–Crippen LogP) is 2.12. The van der Waals surface area contributed by atoms with E-state index in [0.717, 1.165) is 0 Å². The third kappa shape index (κ3) is 3.46. The molecule has 1 fully saturated rings. The van der Waals surface area contributed by atoms with E-state index in [4.69, 9.17) is 9.72 Å². The predicted molar refractivity (Wildman–Crippen MR) is 103 cm³/mol. The van der Waals surface area contributed by atoms with Gasteiger partial charge in [-0.25, -0.2) is 15.0 Å². The fourth-order valence-electron chi connectivity index (χ4n) is 3.35. The molecule has 4 rings (SSSR count). The van der Waals surface area contributed by atoms with Gasteiger partial charge < -0.3 is 9.64 Å². The molecule has 2 aromatic heterocycles. The molecule has 1 atom stereocenters. The van der Waals surface area contributed by atoms with Crippen molar-refractivity contribution in [1.82, 2.24) is 19.5 Å². The molecule has 1 aliphatic rings. The molecular weight excluding hydrogens is 342 g/mol. The smallest absolute Gasteiger partial charge is 0.255 e. The molecular formula is C20H21N5O2. The largest absolute Gasteiger partial charge is 0.370 e. The van der Waals surface area contributed by atoms with Crippen LogP contribution in [-0.4, -0.2) is 39.2 Å². The van der Waals surface area contributed by atoms with Crippen LogP contribution >= 0.6 is 0 Å². The number of aryl methyl sites for hydroxylation is 1. The molecule has 0 saturated carbocycles. The van der Waals surface area contributed by atoms with Crippen molar-refractivity contribution >= 4 is 5.95 Å². The Morgan fingerprint density at radius 1 is 1.19 bits per heavy atom. The standard InChI is InChI=1S/C20H21N5O2/c1-14-5-3-4-6-15(14)18-12-25(9-10-27-18)20-23-17(11-19(26)24(20)2)16-7-8-21-13-22-16/h3-8,11,13,18H,9-10,12H2,1-2H3/t18-/m0/s1. The summed E-state index contributed by atoms with van der Waals surface area (Å²) in [5.41, 5.74) is 3.43. The van der Waals surface area contributed by atoms with E-state index in [9.17, 15) is 4.79 Å². The third-order valence-corrected chi connectivity index (χ3v) is 4.84. The van der Waals surface area contributed by atoms with E-state index in [-0.39, 0.29) is 11.7 Å². The lowest BCUT2D eigenvalue weighted by molar-refractivity contribution is 0.0386. The first-order chi connectivity index (χ1) is 13.1. The summed E-state index contributed by atoms with van der Waals surface area (Å²) in [5, 5.41) is 0. The molecule has 27 heavy (non-hydrogen) atoms. The van der Waals surface area contributed by atoms with Gasteiger partial charge in [0.05, 0.1) is 24.5 Å². The van der Waals surface area contributed by atoms with Gasteiger partial charge in [0.25, 0.3) is 5.56 Å². The summed E-state index contributed by atoms with van der Waals surface area (Å²) < 4.78 is 7.58. The van der Waals surface area contributed by atoms with Crippen molar-refractivity contribution in [3.63, 3.8) is 0 Å². The Morgan fingerprint density at radius 3 is 2.81 bits per heavy atom. The minimum atomic E-state index is -0.118. The Labute approximate surface area is 157 Å². The molecule has 0 aliphatic carbocycles. The minimum absolute atomic E-state index is 0.0560. The summed E-state index contributed by atoms with van der Waals surface area (Å²) in [4.78, 5) is 27.5. The Balaban J connectivity index is 1.69. The van der Waals surface area contributed by atoms with Crippen LogP contribution in [0.3, 0.4) is 0 Å². The summed E-state index contributed by atoms with van der Waals surface area (Å²) >= 11 is 0. The van der Waals surface area contributed by atoms with Crippen molar-refractivity contribution < 1.29 is 4.74 Å². The molecule has 0 N–H and O–H groups in total. The van der Waals surface area contributed by atoms with Crippen LogP contribution in [0.2, 0.25) is 0 Å². The van der Waals surface area contributed by atoms with Gasteiger partial charge in [0, 0.05) is 25.9 Å². The van der Waals surface area contributed by atoms with Gasteiger partial charge in [-0.1, -0.05) is 24.3 Å². The van der Waals surface area contributed by atoms with Crippen LogP contribution < -0.4 is 10.5 Å². The van der Waals surface area contributed by atoms with Gasteiger partial charge in [-0.3, -0.25) is 9.36 Å². The van der Waals surface area contributed by atoms with Crippen molar-refractivity contribution in [1.29, 1.82) is 0 Å². The van der Waals surface area contributed by atoms with E-state index >= 15 is 0 Å². The van der Waals surface area contributed by atoms with Crippen LogP contribution in [0, 0.1) is 6.92 Å². The number of aromatic nitrogens is 4. The molecule has 0 spiro atoms. The molecule has 138 valence electrons. The molecule has 1 saturated heterocycles. The van der Waals surface area contributed by atoms with Crippen LogP contribution in [-0.2, 0) is 11.8 Å². The van der Waals surface area contributed by atoms with Crippen molar-refractivity contribution in [2.75, 3.05) is 24.6 Å². The average Bonchev–Trinajstić information content (AvgIpc) is 2.71. The van der Waals surface area contributed by atoms with Gasteiger partial charge in [0.2, 0.25) is 5.95 Å². The third-order valence-electron chi connectivity index (χ3n) is 4.84. The van der Waals surface area contributed by atoms with Crippen LogP contribution in [0.15, 0.2) is 53.7 Å². The average molecular weight is 363 g/mol. The maximum Gasteiger partial charge on any atom is 0.255 e. The molecule has 0 amide bonds. The summed E-state index contributed by atoms with van der Waals surface area (Å²) in [6.07, 6.45) is 3.04. The van der Waals surface area contributed by atoms with E-state index in [0.29, 0.717) is 37.0 Å². The molecule has 7 nitrogen and oxygen atoms in total. The maximum absolute atomic E-state index is 12.5.